The van der Waals surface area contributed by atoms with Crippen LogP contribution in [0.4, 0.5) is 4.39 Å². The Balaban J connectivity index is 0.944. The molecule has 10 rings (SSSR count). The molecule has 0 radical (unpaired) electrons. The van der Waals surface area contributed by atoms with E-state index in [4.69, 9.17) is 28.7 Å². The van der Waals surface area contributed by atoms with E-state index in [1.807, 2.05) is 73.3 Å². The maximum Gasteiger partial charge on any atom is 0.332 e. The van der Waals surface area contributed by atoms with Gasteiger partial charge in [-0.2, -0.15) is 11.8 Å². The Bertz CT molecular complexity index is 2930. The summed E-state index contributed by atoms with van der Waals surface area (Å²) < 4.78 is 46.2. The lowest BCUT2D eigenvalue weighted by Crippen LogP contribution is -2.46. The van der Waals surface area contributed by atoms with Gasteiger partial charge in [0, 0.05) is 52.4 Å². The van der Waals surface area contributed by atoms with Crippen LogP contribution in [0.5, 0.6) is 28.7 Å². The quantitative estimate of drug-likeness (QED) is 0.134. The van der Waals surface area contributed by atoms with Crippen molar-refractivity contribution in [2.24, 2.45) is 4.99 Å². The molecule has 15 heteroatoms. The molecule has 0 aliphatic carbocycles. The highest BCUT2D eigenvalue weighted by molar-refractivity contribution is 7.99. The van der Waals surface area contributed by atoms with Crippen LogP contribution in [-0.4, -0.2) is 83.9 Å². The highest BCUT2D eigenvalue weighted by atomic mass is 32.2. The molecule has 2 saturated heterocycles. The van der Waals surface area contributed by atoms with Crippen LogP contribution < -0.4 is 34.9 Å². The molecule has 6 aromatic rings. The molecule has 0 bridgehead atoms. The SMILES string of the molecule is CCOc1cc2c(cc1OC)C(c1cccc(C(=O)N3CCC(n4c(=O)c5sc(-c6ccc7c(c6)OCO7)cc5n(Cc5ccc(OC)c(F)c5)c4=O)CC3)c1)=N[C@@H]1CCSC[C@H]21. The summed E-state index contributed by atoms with van der Waals surface area (Å²) in [5.74, 6) is 4.30. The monoisotopic (exact) mass is 888 g/mol. The van der Waals surface area contributed by atoms with Crippen LogP contribution in [0.1, 0.15) is 70.8 Å². The Morgan fingerprint density at radius 1 is 0.889 bits per heavy atom. The second kappa shape index (κ2) is 16.9. The number of thioether (sulfide) groups is 1. The van der Waals surface area contributed by atoms with Gasteiger partial charge in [0.05, 0.1) is 44.6 Å². The van der Waals surface area contributed by atoms with Crippen molar-refractivity contribution in [1.82, 2.24) is 14.0 Å². The van der Waals surface area contributed by atoms with E-state index in [0.29, 0.717) is 71.1 Å². The third kappa shape index (κ3) is 7.44. The molecule has 4 aliphatic heterocycles. The van der Waals surface area contributed by atoms with E-state index in [9.17, 15) is 18.8 Å². The lowest BCUT2D eigenvalue weighted by molar-refractivity contribution is 0.0691. The fraction of sp³-hybridized carbons (Fsp3) is 0.333. The van der Waals surface area contributed by atoms with Gasteiger partial charge in [0.2, 0.25) is 6.79 Å². The minimum absolute atomic E-state index is 0.0259. The van der Waals surface area contributed by atoms with Crippen molar-refractivity contribution >= 4 is 44.9 Å². The van der Waals surface area contributed by atoms with Crippen LogP contribution in [-0.2, 0) is 6.54 Å². The fourth-order valence-electron chi connectivity index (χ4n) is 9.29. The van der Waals surface area contributed by atoms with Crippen molar-refractivity contribution in [2.75, 3.05) is 52.2 Å². The van der Waals surface area contributed by atoms with E-state index in [-0.39, 0.29) is 42.5 Å². The fourth-order valence-corrected chi connectivity index (χ4v) is 11.6. The second-order valence-electron chi connectivity index (χ2n) is 16.0. The van der Waals surface area contributed by atoms with E-state index in [1.165, 1.54) is 40.7 Å². The summed E-state index contributed by atoms with van der Waals surface area (Å²) >= 11 is 3.24. The number of fused-ring (bicyclic) bond motifs is 5. The Hall–Kier alpha value is -6.06. The molecular weight excluding hydrogens is 844 g/mol. The number of methoxy groups -OCH3 is 2. The third-order valence-electron chi connectivity index (χ3n) is 12.5. The van der Waals surface area contributed by atoms with Crippen LogP contribution in [0, 0.1) is 5.82 Å². The van der Waals surface area contributed by atoms with E-state index < -0.39 is 17.5 Å². The molecule has 12 nitrogen and oxygen atoms in total. The number of likely N-dealkylation sites (tertiary alicyclic amines) is 1. The Morgan fingerprint density at radius 2 is 1.71 bits per heavy atom. The predicted molar refractivity (Wildman–Crippen MR) is 243 cm³/mol. The van der Waals surface area contributed by atoms with Crippen LogP contribution >= 0.6 is 23.1 Å². The van der Waals surface area contributed by atoms with Gasteiger partial charge >= 0.3 is 5.69 Å². The Morgan fingerprint density at radius 3 is 2.51 bits per heavy atom. The number of piperidine rings is 1. The van der Waals surface area contributed by atoms with Gasteiger partial charge in [-0.25, -0.2) is 9.18 Å². The molecule has 324 valence electrons. The summed E-state index contributed by atoms with van der Waals surface area (Å²) in [5, 5.41) is 0. The van der Waals surface area contributed by atoms with Crippen molar-refractivity contribution in [3.05, 3.63) is 133 Å². The van der Waals surface area contributed by atoms with Gasteiger partial charge in [0.25, 0.3) is 11.5 Å². The Labute approximate surface area is 370 Å². The first-order valence-corrected chi connectivity index (χ1v) is 23.1. The normalized spacial score (nSPS) is 18.2. The number of benzene rings is 4. The van der Waals surface area contributed by atoms with E-state index in [0.717, 1.165) is 51.0 Å². The molecule has 4 aromatic carbocycles. The molecule has 0 unspecified atom stereocenters. The number of ether oxygens (including phenoxy) is 5. The zero-order valence-corrected chi connectivity index (χ0v) is 36.7. The zero-order chi connectivity index (χ0) is 43.4. The zero-order valence-electron chi connectivity index (χ0n) is 35.1. The molecular formula is C48H45FN4O8S2. The maximum atomic E-state index is 14.9. The first kappa shape index (κ1) is 41.0. The molecule has 0 saturated carbocycles. The molecule has 6 heterocycles. The summed E-state index contributed by atoms with van der Waals surface area (Å²) in [4.78, 5) is 51.2. The largest absolute Gasteiger partial charge is 0.494 e. The van der Waals surface area contributed by atoms with Crippen LogP contribution in [0.2, 0.25) is 0 Å². The summed E-state index contributed by atoms with van der Waals surface area (Å²) in [5.41, 5.74) is 5.33. The lowest BCUT2D eigenvalue weighted by Gasteiger charge is -2.35. The summed E-state index contributed by atoms with van der Waals surface area (Å²) in [7, 11) is 3.04. The molecule has 0 spiro atoms. The molecule has 2 atom stereocenters. The lowest BCUT2D eigenvalue weighted by atomic mass is 9.81. The van der Waals surface area contributed by atoms with Crippen LogP contribution in [0.3, 0.4) is 0 Å². The van der Waals surface area contributed by atoms with Gasteiger partial charge in [0.15, 0.2) is 34.6 Å². The van der Waals surface area contributed by atoms with Gasteiger partial charge in [0.1, 0.15) is 4.70 Å². The molecule has 63 heavy (non-hydrogen) atoms. The van der Waals surface area contributed by atoms with E-state index in [1.54, 1.807) is 22.6 Å². The molecule has 4 aliphatic rings. The summed E-state index contributed by atoms with van der Waals surface area (Å²) in [6.07, 6.45) is 1.76. The number of aliphatic imine (C=N–C) groups is 1. The summed E-state index contributed by atoms with van der Waals surface area (Å²) in [6, 6.07) is 23.4. The average molecular weight is 889 g/mol. The topological polar surface area (TPSA) is 123 Å². The number of amides is 1. The summed E-state index contributed by atoms with van der Waals surface area (Å²) in [6.45, 7) is 3.33. The molecule has 2 aromatic heterocycles. The van der Waals surface area contributed by atoms with Crippen LogP contribution in [0.15, 0.2) is 93.4 Å². The number of halogens is 1. The van der Waals surface area contributed by atoms with Gasteiger partial charge < -0.3 is 28.6 Å². The highest BCUT2D eigenvalue weighted by Crippen LogP contribution is 2.44. The van der Waals surface area contributed by atoms with Crippen molar-refractivity contribution in [2.45, 2.75) is 50.7 Å². The molecule has 1 amide bonds. The number of carbonyl (C=O) groups is 1. The molecule has 0 N–H and O–H groups in total. The number of nitrogens with zero attached hydrogens (tertiary/aromatic N) is 4. The van der Waals surface area contributed by atoms with E-state index in [2.05, 4.69) is 6.07 Å². The van der Waals surface area contributed by atoms with Gasteiger partial charge in [-0.15, -0.1) is 11.3 Å². The number of aromatic nitrogens is 2. The number of rotatable bonds is 10. The highest BCUT2D eigenvalue weighted by Gasteiger charge is 2.36. The maximum absolute atomic E-state index is 14.9. The predicted octanol–water partition coefficient (Wildman–Crippen LogP) is 8.14. The van der Waals surface area contributed by atoms with Gasteiger partial charge in [-0.3, -0.25) is 23.7 Å². The smallest absolute Gasteiger partial charge is 0.332 e. The minimum Gasteiger partial charge on any atom is -0.494 e. The number of carbonyl (C=O) groups excluding carboxylic acids is 1. The first-order valence-electron chi connectivity index (χ1n) is 21.1. The van der Waals surface area contributed by atoms with E-state index >= 15 is 0 Å². The van der Waals surface area contributed by atoms with Gasteiger partial charge in [-0.05, 0) is 109 Å². The van der Waals surface area contributed by atoms with Crippen molar-refractivity contribution in [1.29, 1.82) is 0 Å². The standard InChI is InChI=1S/C48H45FN4O8S2/c1-4-59-42-21-32-33(22-40(42)58-3)44(50-36-14-17-62-25-34(32)36)29-6-5-7-30(19-29)46(54)51-15-12-31(13-16-51)53-47(55)45-37(23-43(63-45)28-9-11-39-41(20-28)61-26-60-39)52(48(53)56)24-27-8-10-38(57-2)35(49)18-27/h5-11,18-23,31,34,36H,4,12-17,24-26H2,1-3H3/t34-,36-/m1/s1. The van der Waals surface area contributed by atoms with Crippen molar-refractivity contribution in [3.8, 4) is 39.2 Å². The minimum atomic E-state index is -0.550. The van der Waals surface area contributed by atoms with Crippen molar-refractivity contribution in [3.63, 3.8) is 0 Å². The first-order chi connectivity index (χ1) is 30.7. The second-order valence-corrected chi connectivity index (χ2v) is 18.3. The molecule has 2 fully saturated rings. The van der Waals surface area contributed by atoms with Gasteiger partial charge in [-0.1, -0.05) is 18.2 Å². The number of thiophene rings is 1. The van der Waals surface area contributed by atoms with Crippen molar-refractivity contribution < 1.29 is 32.9 Å². The van der Waals surface area contributed by atoms with Crippen LogP contribution in [0.25, 0.3) is 20.7 Å². The third-order valence-corrected chi connectivity index (χ3v) is 14.8. The Kier molecular flexibility index (Phi) is 11.0. The number of hydrogen-bond donors (Lipinski definition) is 0. The average Bonchev–Trinajstić information content (AvgIpc) is 3.98. The number of hydrogen-bond acceptors (Lipinski definition) is 11.